The first-order valence-electron chi connectivity index (χ1n) is 8.02. The predicted molar refractivity (Wildman–Crippen MR) is 86.8 cm³/mol. The minimum Gasteiger partial charge on any atom is -0.375 e. The van der Waals surface area contributed by atoms with Gasteiger partial charge >= 0.3 is 0 Å². The first kappa shape index (κ1) is 17.1. The molecule has 0 aromatic heterocycles. The van der Waals surface area contributed by atoms with Gasteiger partial charge in [-0.25, -0.2) is 0 Å². The van der Waals surface area contributed by atoms with Crippen LogP contribution in [0, 0.1) is 0 Å². The molecule has 1 aromatic rings. The number of carbonyl (C=O) groups is 4. The third-order valence-corrected chi connectivity index (χ3v) is 4.42. The number of nitrogens with zero attached hydrogens (tertiary/aromatic N) is 3. The number of imide groups is 1. The van der Waals surface area contributed by atoms with Crippen molar-refractivity contribution in [3.63, 3.8) is 0 Å². The highest BCUT2D eigenvalue weighted by atomic mass is 16.5. The second-order valence-electron chi connectivity index (χ2n) is 5.94. The average molecular weight is 345 g/mol. The van der Waals surface area contributed by atoms with Gasteiger partial charge in [-0.1, -0.05) is 12.1 Å². The van der Waals surface area contributed by atoms with Gasteiger partial charge in [0.25, 0.3) is 11.8 Å². The van der Waals surface area contributed by atoms with Gasteiger partial charge in [-0.05, 0) is 12.1 Å². The van der Waals surface area contributed by atoms with Crippen molar-refractivity contribution in [2.24, 2.45) is 0 Å². The van der Waals surface area contributed by atoms with Crippen LogP contribution < -0.4 is 0 Å². The molecule has 2 heterocycles. The normalized spacial score (nSPS) is 17.1. The van der Waals surface area contributed by atoms with E-state index in [1.165, 1.54) is 7.11 Å². The average Bonchev–Trinajstić information content (AvgIpc) is 2.87. The summed E-state index contributed by atoms with van der Waals surface area (Å²) in [5.41, 5.74) is 0.658. The maximum Gasteiger partial charge on any atom is 0.262 e. The van der Waals surface area contributed by atoms with Crippen molar-refractivity contribution in [2.45, 2.75) is 0 Å². The zero-order valence-corrected chi connectivity index (χ0v) is 13.9. The van der Waals surface area contributed by atoms with Gasteiger partial charge in [0.15, 0.2) is 0 Å². The highest BCUT2D eigenvalue weighted by Crippen LogP contribution is 2.22. The number of benzene rings is 1. The summed E-state index contributed by atoms with van der Waals surface area (Å²) in [6.45, 7) is 1.31. The van der Waals surface area contributed by atoms with Gasteiger partial charge in [0.05, 0.1) is 11.1 Å². The van der Waals surface area contributed by atoms with Crippen LogP contribution in [0.5, 0.6) is 0 Å². The molecule has 0 radical (unpaired) electrons. The third kappa shape index (κ3) is 3.25. The lowest BCUT2D eigenvalue weighted by molar-refractivity contribution is -0.141. The van der Waals surface area contributed by atoms with Gasteiger partial charge in [-0.15, -0.1) is 0 Å². The summed E-state index contributed by atoms with van der Waals surface area (Å²) in [5, 5.41) is 0. The van der Waals surface area contributed by atoms with Crippen molar-refractivity contribution < 1.29 is 23.9 Å². The predicted octanol–water partition coefficient (Wildman–Crippen LogP) is -0.400. The Kier molecular flexibility index (Phi) is 4.80. The molecule has 0 aliphatic carbocycles. The molecule has 8 heteroatoms. The molecular weight excluding hydrogens is 326 g/mol. The van der Waals surface area contributed by atoms with E-state index in [4.69, 9.17) is 4.74 Å². The van der Waals surface area contributed by atoms with Crippen molar-refractivity contribution in [3.05, 3.63) is 35.4 Å². The number of fused-ring (bicyclic) bond motifs is 1. The van der Waals surface area contributed by atoms with Crippen molar-refractivity contribution in [2.75, 3.05) is 46.4 Å². The van der Waals surface area contributed by atoms with Gasteiger partial charge in [0.2, 0.25) is 11.8 Å². The molecule has 3 rings (SSSR count). The molecule has 2 aliphatic rings. The molecule has 1 saturated heterocycles. The second kappa shape index (κ2) is 7.02. The topological polar surface area (TPSA) is 87.2 Å². The molecular formula is C17H19N3O5. The summed E-state index contributed by atoms with van der Waals surface area (Å²) in [7, 11) is 1.46. The minimum absolute atomic E-state index is 0.0169. The van der Waals surface area contributed by atoms with Gasteiger partial charge < -0.3 is 14.5 Å². The highest BCUT2D eigenvalue weighted by molar-refractivity contribution is 6.22. The van der Waals surface area contributed by atoms with Crippen LogP contribution in [0.15, 0.2) is 24.3 Å². The van der Waals surface area contributed by atoms with Crippen LogP contribution in [0.2, 0.25) is 0 Å². The maximum atomic E-state index is 12.5. The molecule has 132 valence electrons. The first-order chi connectivity index (χ1) is 12.0. The van der Waals surface area contributed by atoms with Gasteiger partial charge in [0.1, 0.15) is 13.2 Å². The minimum atomic E-state index is -0.442. The molecule has 4 amide bonds. The number of piperazine rings is 1. The Bertz CT molecular complexity index is 690. The van der Waals surface area contributed by atoms with Crippen LogP contribution >= 0.6 is 0 Å². The molecule has 0 spiro atoms. The number of amides is 4. The Morgan fingerprint density at radius 2 is 1.40 bits per heavy atom. The molecule has 25 heavy (non-hydrogen) atoms. The van der Waals surface area contributed by atoms with Crippen molar-refractivity contribution in [1.29, 1.82) is 0 Å². The van der Waals surface area contributed by atoms with E-state index in [1.54, 1.807) is 34.1 Å². The molecule has 0 N–H and O–H groups in total. The summed E-state index contributed by atoms with van der Waals surface area (Å²) in [6, 6.07) is 6.54. The summed E-state index contributed by atoms with van der Waals surface area (Å²) >= 11 is 0. The van der Waals surface area contributed by atoms with E-state index in [0.29, 0.717) is 37.3 Å². The standard InChI is InChI=1S/C17H19N3O5/c1-25-11-15(22)19-8-6-18(7-9-19)14(21)10-20-16(23)12-4-2-3-5-13(12)17(20)24/h2-5H,6-11H2,1H3. The fourth-order valence-corrected chi connectivity index (χ4v) is 3.04. The fourth-order valence-electron chi connectivity index (χ4n) is 3.04. The van der Waals surface area contributed by atoms with E-state index in [2.05, 4.69) is 0 Å². The van der Waals surface area contributed by atoms with E-state index in [1.807, 2.05) is 0 Å². The highest BCUT2D eigenvalue weighted by Gasteiger charge is 2.37. The van der Waals surface area contributed by atoms with Crippen molar-refractivity contribution in [1.82, 2.24) is 14.7 Å². The number of carbonyl (C=O) groups excluding carboxylic acids is 4. The second-order valence-corrected chi connectivity index (χ2v) is 5.94. The Hall–Kier alpha value is -2.74. The third-order valence-electron chi connectivity index (χ3n) is 4.42. The lowest BCUT2D eigenvalue weighted by atomic mass is 10.1. The number of methoxy groups -OCH3 is 1. The number of hydrogen-bond acceptors (Lipinski definition) is 5. The summed E-state index contributed by atoms with van der Waals surface area (Å²) in [5.74, 6) is -1.30. The van der Waals surface area contributed by atoms with Gasteiger partial charge in [0, 0.05) is 33.3 Å². The van der Waals surface area contributed by atoms with Crippen molar-refractivity contribution >= 4 is 23.6 Å². The number of hydrogen-bond donors (Lipinski definition) is 0. The zero-order valence-electron chi connectivity index (χ0n) is 13.9. The smallest absolute Gasteiger partial charge is 0.262 e. The van der Waals surface area contributed by atoms with Crippen LogP contribution in [-0.2, 0) is 14.3 Å². The van der Waals surface area contributed by atoms with E-state index in [9.17, 15) is 19.2 Å². The van der Waals surface area contributed by atoms with E-state index < -0.39 is 11.8 Å². The SMILES string of the molecule is COCC(=O)N1CCN(C(=O)CN2C(=O)c3ccccc3C2=O)CC1. The quantitative estimate of drug-likeness (QED) is 0.693. The molecule has 0 atom stereocenters. The molecule has 1 aromatic carbocycles. The first-order valence-corrected chi connectivity index (χ1v) is 8.02. The molecule has 8 nitrogen and oxygen atoms in total. The van der Waals surface area contributed by atoms with Crippen molar-refractivity contribution in [3.8, 4) is 0 Å². The summed E-state index contributed by atoms with van der Waals surface area (Å²) < 4.78 is 4.82. The fraction of sp³-hybridized carbons (Fsp3) is 0.412. The monoisotopic (exact) mass is 345 g/mol. The van der Waals surface area contributed by atoms with Gasteiger partial charge in [-0.3, -0.25) is 24.1 Å². The van der Waals surface area contributed by atoms with E-state index >= 15 is 0 Å². The molecule has 0 saturated carbocycles. The summed E-state index contributed by atoms with van der Waals surface area (Å²) in [4.78, 5) is 53.0. The Balaban J connectivity index is 1.58. The van der Waals surface area contributed by atoms with Gasteiger partial charge in [-0.2, -0.15) is 0 Å². The molecule has 1 fully saturated rings. The van der Waals surface area contributed by atoms with Crippen LogP contribution in [0.25, 0.3) is 0 Å². The Morgan fingerprint density at radius 1 is 0.920 bits per heavy atom. The number of rotatable bonds is 4. The Morgan fingerprint density at radius 3 is 1.88 bits per heavy atom. The van der Waals surface area contributed by atoms with Crippen LogP contribution in [0.3, 0.4) is 0 Å². The van der Waals surface area contributed by atoms with Crippen LogP contribution in [0.1, 0.15) is 20.7 Å². The lowest BCUT2D eigenvalue weighted by Crippen LogP contribution is -2.53. The van der Waals surface area contributed by atoms with Crippen LogP contribution in [-0.4, -0.2) is 84.8 Å². The Labute approximate surface area is 144 Å². The largest absolute Gasteiger partial charge is 0.375 e. The van der Waals surface area contributed by atoms with Crippen LogP contribution in [0.4, 0.5) is 0 Å². The van der Waals surface area contributed by atoms with E-state index in [-0.39, 0.29) is 25.0 Å². The molecule has 2 aliphatic heterocycles. The van der Waals surface area contributed by atoms with E-state index in [0.717, 1.165) is 4.90 Å². The molecule has 0 unspecified atom stereocenters. The summed E-state index contributed by atoms with van der Waals surface area (Å²) in [6.07, 6.45) is 0. The maximum absolute atomic E-state index is 12.5. The molecule has 0 bridgehead atoms. The number of ether oxygens (including phenoxy) is 1. The zero-order chi connectivity index (χ0) is 18.0. The lowest BCUT2D eigenvalue weighted by Gasteiger charge is -2.35.